The number of aliphatic hydroxyl groups is 1. The van der Waals surface area contributed by atoms with Crippen molar-refractivity contribution in [2.45, 2.75) is 31.8 Å². The van der Waals surface area contributed by atoms with Crippen molar-refractivity contribution in [1.29, 1.82) is 0 Å². The molecule has 0 aliphatic carbocycles. The minimum atomic E-state index is -1.18. The third kappa shape index (κ3) is 2.53. The Morgan fingerprint density at radius 3 is 2.97 bits per heavy atom. The summed E-state index contributed by atoms with van der Waals surface area (Å²) in [5.41, 5.74) is 2.30. The van der Waals surface area contributed by atoms with E-state index in [2.05, 4.69) is 4.98 Å². The molecule has 10 heteroatoms. The van der Waals surface area contributed by atoms with Crippen LogP contribution in [0.1, 0.15) is 41.2 Å². The molecule has 1 aromatic carbocycles. The molecule has 162 valence electrons. The molecule has 1 unspecified atom stereocenters. The second-order valence-corrected chi connectivity index (χ2v) is 8.92. The lowest BCUT2D eigenvalue weighted by Gasteiger charge is -2.44. The molecular formula is C22H17N3O6S. The summed E-state index contributed by atoms with van der Waals surface area (Å²) in [5.74, 6) is -2.23. The van der Waals surface area contributed by atoms with Gasteiger partial charge >= 0.3 is 11.9 Å². The summed E-state index contributed by atoms with van der Waals surface area (Å²) in [6.45, 7) is 1.57. The quantitative estimate of drug-likeness (QED) is 0.478. The summed E-state index contributed by atoms with van der Waals surface area (Å²) in [7, 11) is 0. The van der Waals surface area contributed by atoms with Crippen LogP contribution in [0, 0.1) is 5.92 Å². The highest BCUT2D eigenvalue weighted by molar-refractivity contribution is 7.15. The van der Waals surface area contributed by atoms with Gasteiger partial charge in [-0.15, -0.1) is 11.3 Å². The number of hydrogen-bond donors (Lipinski definition) is 1. The predicted molar refractivity (Wildman–Crippen MR) is 111 cm³/mol. The number of rotatable bonds is 4. The number of imidazole rings is 1. The third-order valence-electron chi connectivity index (χ3n) is 6.25. The molecule has 3 aliphatic rings. The van der Waals surface area contributed by atoms with Crippen molar-refractivity contribution in [1.82, 2.24) is 14.3 Å². The second-order valence-electron chi connectivity index (χ2n) is 8.03. The average Bonchev–Trinajstić information content (AvgIpc) is 3.50. The minimum Gasteiger partial charge on any atom is -0.417 e. The Balaban J connectivity index is 1.40. The van der Waals surface area contributed by atoms with Gasteiger partial charge in [-0.1, -0.05) is 18.2 Å². The van der Waals surface area contributed by atoms with Crippen molar-refractivity contribution in [3.63, 3.8) is 0 Å². The number of esters is 2. The van der Waals surface area contributed by atoms with Crippen molar-refractivity contribution in [3.8, 4) is 0 Å². The average molecular weight is 451 g/mol. The van der Waals surface area contributed by atoms with E-state index in [1.165, 1.54) is 16.2 Å². The van der Waals surface area contributed by atoms with Gasteiger partial charge in [0.05, 0.1) is 35.5 Å². The highest BCUT2D eigenvalue weighted by Crippen LogP contribution is 2.48. The van der Waals surface area contributed by atoms with Crippen molar-refractivity contribution in [3.05, 3.63) is 64.7 Å². The third-order valence-corrected chi connectivity index (χ3v) is 7.13. The Morgan fingerprint density at radius 2 is 2.16 bits per heavy atom. The maximum atomic E-state index is 13.4. The first kappa shape index (κ1) is 19.2. The van der Waals surface area contributed by atoms with Crippen molar-refractivity contribution >= 4 is 39.6 Å². The van der Waals surface area contributed by atoms with Crippen molar-refractivity contribution in [2.24, 2.45) is 5.92 Å². The van der Waals surface area contributed by atoms with Gasteiger partial charge in [0.1, 0.15) is 16.9 Å². The van der Waals surface area contributed by atoms with Crippen LogP contribution in [0.2, 0.25) is 0 Å². The summed E-state index contributed by atoms with van der Waals surface area (Å²) < 4.78 is 12.7. The lowest BCUT2D eigenvalue weighted by molar-refractivity contribution is -0.172. The van der Waals surface area contributed by atoms with E-state index in [0.29, 0.717) is 23.1 Å². The topological polar surface area (TPSA) is 110 Å². The molecule has 6 rings (SSSR count). The molecule has 32 heavy (non-hydrogen) atoms. The van der Waals surface area contributed by atoms with Crippen LogP contribution in [0.4, 0.5) is 0 Å². The molecule has 0 saturated carbocycles. The van der Waals surface area contributed by atoms with Crippen LogP contribution in [-0.4, -0.2) is 49.4 Å². The van der Waals surface area contributed by atoms with E-state index in [4.69, 9.17) is 9.47 Å². The van der Waals surface area contributed by atoms with Crippen LogP contribution in [0.15, 0.2) is 47.9 Å². The highest BCUT2D eigenvalue weighted by atomic mass is 32.1. The Hall–Kier alpha value is -3.50. The largest absolute Gasteiger partial charge is 0.417 e. The number of amides is 1. The molecule has 0 spiro atoms. The number of nitrogens with zero attached hydrogens (tertiary/aromatic N) is 3. The van der Waals surface area contributed by atoms with Gasteiger partial charge in [0, 0.05) is 16.5 Å². The zero-order chi connectivity index (χ0) is 22.1. The fourth-order valence-electron chi connectivity index (χ4n) is 4.78. The molecule has 5 heterocycles. The molecule has 0 bridgehead atoms. The maximum absolute atomic E-state index is 13.4. The van der Waals surface area contributed by atoms with E-state index in [-0.39, 0.29) is 17.6 Å². The number of fused-ring (bicyclic) bond motifs is 3. The summed E-state index contributed by atoms with van der Waals surface area (Å²) in [6.07, 6.45) is 1.75. The van der Waals surface area contributed by atoms with Gasteiger partial charge in [-0.05, 0) is 19.4 Å². The predicted octanol–water partition coefficient (Wildman–Crippen LogP) is 2.13. The summed E-state index contributed by atoms with van der Waals surface area (Å²) in [6, 6.07) is 6.36. The van der Waals surface area contributed by atoms with Crippen LogP contribution in [0.5, 0.6) is 0 Å². The number of carbonyl (C=O) groups is 3. The molecule has 0 radical (unpaired) electrons. The van der Waals surface area contributed by atoms with Gasteiger partial charge in [0.15, 0.2) is 0 Å². The number of carbonyl (C=O) groups excluding carboxylic acids is 3. The van der Waals surface area contributed by atoms with Gasteiger partial charge in [-0.2, -0.15) is 0 Å². The number of cyclic esters (lactones) is 1. The van der Waals surface area contributed by atoms with E-state index >= 15 is 0 Å². The highest BCUT2D eigenvalue weighted by Gasteiger charge is 2.57. The Labute approximate surface area is 185 Å². The molecule has 1 fully saturated rings. The summed E-state index contributed by atoms with van der Waals surface area (Å²) >= 11 is 1.47. The molecule has 1 N–H and O–H groups in total. The number of ether oxygens (including phenoxy) is 2. The standard InChI is InChI=1S/C22H17N3O6S/c1-10(26)17-14-6-13(15-8-32-16-7-23-9-24(15)16)18(25(14)19(17)27)21(29)31-22-12-5-3-2-4-11(12)20(28)30-22/h2-5,7-10,14,17,22,26H,6H2,1H3/t10-,14-,17-,22?/m1/s1. The van der Waals surface area contributed by atoms with Gasteiger partial charge < -0.3 is 19.5 Å². The molecule has 3 aromatic rings. The van der Waals surface area contributed by atoms with E-state index in [9.17, 15) is 19.5 Å². The lowest BCUT2D eigenvalue weighted by Crippen LogP contribution is -2.61. The van der Waals surface area contributed by atoms with Gasteiger partial charge in [0.25, 0.3) is 6.29 Å². The minimum absolute atomic E-state index is 0.116. The Kier molecular flexibility index (Phi) is 4.05. The van der Waals surface area contributed by atoms with E-state index in [1.807, 2.05) is 9.78 Å². The molecule has 9 nitrogen and oxygen atoms in total. The van der Waals surface area contributed by atoms with E-state index < -0.39 is 30.3 Å². The molecule has 4 atom stereocenters. The van der Waals surface area contributed by atoms with Crippen LogP contribution in [-0.2, 0) is 19.1 Å². The Bertz CT molecular complexity index is 1340. The number of thiazole rings is 1. The van der Waals surface area contributed by atoms with Crippen molar-refractivity contribution < 1.29 is 29.0 Å². The maximum Gasteiger partial charge on any atom is 0.358 e. The summed E-state index contributed by atoms with van der Waals surface area (Å²) in [5, 5.41) is 12.0. The first-order chi connectivity index (χ1) is 15.5. The molecule has 1 saturated heterocycles. The van der Waals surface area contributed by atoms with Gasteiger partial charge in [-0.25, -0.2) is 14.6 Å². The van der Waals surface area contributed by atoms with E-state index in [0.717, 1.165) is 10.5 Å². The van der Waals surface area contributed by atoms with Gasteiger partial charge in [-0.3, -0.25) is 9.20 Å². The number of aromatic nitrogens is 2. The normalized spacial score (nSPS) is 24.9. The number of β-lactam (4-membered cyclic amide) rings is 1. The van der Waals surface area contributed by atoms with Crippen molar-refractivity contribution in [2.75, 3.05) is 0 Å². The fourth-order valence-corrected chi connectivity index (χ4v) is 5.65. The lowest BCUT2D eigenvalue weighted by atomic mass is 9.83. The number of aliphatic hydroxyl groups excluding tert-OH is 1. The SMILES string of the molecule is C[C@@H](O)[C@H]1C(=O)N2C(C(=O)OC3OC(=O)c4ccccc43)=C(c3csc4cncn34)C[C@H]12. The fraction of sp³-hybridized carbons (Fsp3) is 0.273. The Morgan fingerprint density at radius 1 is 1.34 bits per heavy atom. The second kappa shape index (κ2) is 6.75. The summed E-state index contributed by atoms with van der Waals surface area (Å²) in [4.78, 5) is 44.8. The first-order valence-electron chi connectivity index (χ1n) is 10.1. The zero-order valence-electron chi connectivity index (χ0n) is 16.8. The molecule has 1 amide bonds. The number of benzene rings is 1. The monoisotopic (exact) mass is 451 g/mol. The van der Waals surface area contributed by atoms with E-state index in [1.54, 1.807) is 43.7 Å². The first-order valence-corrected chi connectivity index (χ1v) is 11.0. The number of hydrogen-bond acceptors (Lipinski definition) is 8. The molecular weight excluding hydrogens is 434 g/mol. The van der Waals surface area contributed by atoms with Crippen LogP contribution in [0.3, 0.4) is 0 Å². The zero-order valence-corrected chi connectivity index (χ0v) is 17.6. The molecule has 3 aliphatic heterocycles. The molecule has 2 aromatic heterocycles. The van der Waals surface area contributed by atoms with Crippen LogP contribution < -0.4 is 0 Å². The van der Waals surface area contributed by atoms with Crippen LogP contribution in [0.25, 0.3) is 10.4 Å². The van der Waals surface area contributed by atoms with Gasteiger partial charge in [0.2, 0.25) is 5.91 Å². The van der Waals surface area contributed by atoms with Crippen LogP contribution >= 0.6 is 11.3 Å². The smallest absolute Gasteiger partial charge is 0.358 e.